The number of hydrogen-bond acceptors (Lipinski definition) is 9. The van der Waals surface area contributed by atoms with Gasteiger partial charge in [0.2, 0.25) is 0 Å². The molecule has 33 heavy (non-hydrogen) atoms. The van der Waals surface area contributed by atoms with Gasteiger partial charge in [0.15, 0.2) is 0 Å². The Kier molecular flexibility index (Phi) is 5.65. The van der Waals surface area contributed by atoms with Gasteiger partial charge in [-0.15, -0.1) is 5.10 Å². The Hall–Kier alpha value is -3.57. The molecule has 0 unspecified atom stereocenters. The molecule has 0 bridgehead atoms. The smallest absolute Gasteiger partial charge is 0.273 e. The van der Waals surface area contributed by atoms with Crippen LogP contribution in [0.15, 0.2) is 47.5 Å². The van der Waals surface area contributed by atoms with Gasteiger partial charge in [0, 0.05) is 23.3 Å². The summed E-state index contributed by atoms with van der Waals surface area (Å²) < 4.78 is 6.18. The van der Waals surface area contributed by atoms with Crippen LogP contribution >= 0.6 is 15.9 Å². The van der Waals surface area contributed by atoms with E-state index in [-0.39, 0.29) is 18.1 Å². The first-order valence-electron chi connectivity index (χ1n) is 10.2. The fourth-order valence-electron chi connectivity index (χ4n) is 3.79. The summed E-state index contributed by atoms with van der Waals surface area (Å²) in [5.74, 6) is 0.660. The first-order valence-corrected chi connectivity index (χ1v) is 11.0. The normalized spacial score (nSPS) is 13.6. The predicted octanol–water partition coefficient (Wildman–Crippen LogP) is 2.99. The number of fused-ring (bicyclic) bond motifs is 3. The number of carbonyl (C=O) groups excluding carboxylic acids is 1. The van der Waals surface area contributed by atoms with Crippen LogP contribution in [-0.2, 0) is 24.5 Å². The molecule has 1 atom stereocenters. The van der Waals surface area contributed by atoms with Gasteiger partial charge in [-0.05, 0) is 52.7 Å². The Labute approximate surface area is 197 Å². The summed E-state index contributed by atoms with van der Waals surface area (Å²) in [6.07, 6.45) is 4.86. The highest BCUT2D eigenvalue weighted by atomic mass is 79.9. The van der Waals surface area contributed by atoms with Crippen molar-refractivity contribution < 1.29 is 9.53 Å². The lowest BCUT2D eigenvalue weighted by atomic mass is 10.1. The Bertz CT molecular complexity index is 1330. The quantitative estimate of drug-likeness (QED) is 0.433. The summed E-state index contributed by atoms with van der Waals surface area (Å²) >= 11 is 3.29. The maximum atomic E-state index is 13.7. The van der Waals surface area contributed by atoms with Crippen LogP contribution in [0.25, 0.3) is 10.9 Å². The first kappa shape index (κ1) is 21.3. The molecule has 1 aliphatic rings. The second kappa shape index (κ2) is 8.75. The van der Waals surface area contributed by atoms with E-state index in [1.165, 1.54) is 0 Å². The zero-order chi connectivity index (χ0) is 22.9. The number of anilines is 1. The van der Waals surface area contributed by atoms with E-state index in [4.69, 9.17) is 10.5 Å². The maximum absolute atomic E-state index is 13.7. The molecule has 5 rings (SSSR count). The van der Waals surface area contributed by atoms with Crippen molar-refractivity contribution in [1.29, 1.82) is 0 Å². The molecule has 10 nitrogen and oxygen atoms in total. The number of rotatable bonds is 5. The van der Waals surface area contributed by atoms with Crippen molar-refractivity contribution in [1.82, 2.24) is 35.0 Å². The highest BCUT2D eigenvalue weighted by Crippen LogP contribution is 2.31. The van der Waals surface area contributed by atoms with E-state index in [1.54, 1.807) is 47.8 Å². The van der Waals surface area contributed by atoms with E-state index in [1.807, 2.05) is 6.92 Å². The zero-order valence-electron chi connectivity index (χ0n) is 17.6. The molecule has 0 saturated heterocycles. The number of aromatic nitrogens is 6. The number of nitrogen functional groups attached to an aromatic ring is 1. The van der Waals surface area contributed by atoms with Crippen molar-refractivity contribution >= 4 is 38.6 Å². The van der Waals surface area contributed by atoms with Gasteiger partial charge in [0.05, 0.1) is 43.2 Å². The van der Waals surface area contributed by atoms with Crippen LogP contribution < -0.4 is 5.73 Å². The lowest BCUT2D eigenvalue weighted by Crippen LogP contribution is -2.35. The third-order valence-corrected chi connectivity index (χ3v) is 5.96. The van der Waals surface area contributed by atoms with Crippen molar-refractivity contribution in [2.45, 2.75) is 32.7 Å². The van der Waals surface area contributed by atoms with Crippen LogP contribution in [0, 0.1) is 0 Å². The lowest BCUT2D eigenvalue weighted by molar-refractivity contribution is 0.0657. The summed E-state index contributed by atoms with van der Waals surface area (Å²) in [6, 6.07) is 6.63. The highest BCUT2D eigenvalue weighted by Gasteiger charge is 2.28. The zero-order valence-corrected chi connectivity index (χ0v) is 19.2. The van der Waals surface area contributed by atoms with Gasteiger partial charge in [-0.25, -0.2) is 19.9 Å². The second-order valence-electron chi connectivity index (χ2n) is 7.60. The monoisotopic (exact) mass is 506 g/mol. The number of nitrogens with two attached hydrogens (primary N) is 1. The van der Waals surface area contributed by atoms with Crippen LogP contribution in [0.1, 0.15) is 46.1 Å². The average Bonchev–Trinajstić information content (AvgIpc) is 3.34. The number of nitrogens with zero attached hydrogens (tertiary/aromatic N) is 7. The van der Waals surface area contributed by atoms with Crippen molar-refractivity contribution in [2.24, 2.45) is 0 Å². The van der Waals surface area contributed by atoms with Crippen molar-refractivity contribution in [2.75, 3.05) is 5.73 Å². The molecule has 2 N–H and O–H groups in total. The van der Waals surface area contributed by atoms with Gasteiger partial charge in [0.1, 0.15) is 21.9 Å². The molecule has 0 radical (unpaired) electrons. The van der Waals surface area contributed by atoms with E-state index < -0.39 is 6.04 Å². The number of pyridine rings is 2. The minimum absolute atomic E-state index is 0.208. The Balaban J connectivity index is 1.55. The van der Waals surface area contributed by atoms with E-state index in [0.717, 1.165) is 16.5 Å². The number of halogens is 1. The first-order chi connectivity index (χ1) is 16.0. The van der Waals surface area contributed by atoms with Crippen LogP contribution in [-0.4, -0.2) is 40.9 Å². The van der Waals surface area contributed by atoms with Crippen LogP contribution in [0.4, 0.5) is 5.82 Å². The molecule has 0 aromatic carbocycles. The van der Waals surface area contributed by atoms with Crippen LogP contribution in [0.5, 0.6) is 0 Å². The summed E-state index contributed by atoms with van der Waals surface area (Å²) in [5, 5.41) is 9.02. The lowest BCUT2D eigenvalue weighted by Gasteiger charge is -2.27. The minimum atomic E-state index is -0.430. The van der Waals surface area contributed by atoms with Crippen molar-refractivity contribution in [3.63, 3.8) is 0 Å². The van der Waals surface area contributed by atoms with Crippen molar-refractivity contribution in [3.8, 4) is 0 Å². The number of carbonyl (C=O) groups is 1. The van der Waals surface area contributed by atoms with Crippen LogP contribution in [0.2, 0.25) is 0 Å². The van der Waals surface area contributed by atoms with E-state index >= 15 is 0 Å². The SMILES string of the molecule is C[C@H](c1ncccn1)N(Cc1ccc(Br)nn1)C(=O)c1cc2c3c(c(N)nc2cn1)COC3. The van der Waals surface area contributed by atoms with Crippen LogP contribution in [0.3, 0.4) is 0 Å². The molecule has 166 valence electrons. The van der Waals surface area contributed by atoms with E-state index in [9.17, 15) is 4.79 Å². The van der Waals surface area contributed by atoms with E-state index in [2.05, 4.69) is 46.1 Å². The van der Waals surface area contributed by atoms with Gasteiger partial charge in [-0.1, -0.05) is 0 Å². The fraction of sp³-hybridized carbons (Fsp3) is 0.227. The third kappa shape index (κ3) is 4.12. The minimum Gasteiger partial charge on any atom is -0.383 e. The number of amides is 1. The molecule has 1 aliphatic heterocycles. The summed E-state index contributed by atoms with van der Waals surface area (Å²) in [5.41, 5.74) is 9.39. The molecule has 11 heteroatoms. The molecule has 1 amide bonds. The fourth-order valence-corrected chi connectivity index (χ4v) is 4.00. The van der Waals surface area contributed by atoms with Crippen molar-refractivity contribution in [3.05, 3.63) is 75.8 Å². The van der Waals surface area contributed by atoms with Gasteiger partial charge >= 0.3 is 0 Å². The molecular formula is C22H19BrN8O2. The molecule has 4 aromatic rings. The molecule has 4 aromatic heterocycles. The number of hydrogen-bond donors (Lipinski definition) is 1. The Morgan fingerprint density at radius 2 is 1.97 bits per heavy atom. The predicted molar refractivity (Wildman–Crippen MR) is 122 cm³/mol. The average molecular weight is 507 g/mol. The topological polar surface area (TPSA) is 133 Å². The molecule has 5 heterocycles. The highest BCUT2D eigenvalue weighted by molar-refractivity contribution is 9.10. The van der Waals surface area contributed by atoms with Gasteiger partial charge in [-0.2, -0.15) is 5.10 Å². The Morgan fingerprint density at radius 3 is 2.73 bits per heavy atom. The number of ether oxygens (including phenoxy) is 1. The summed E-state index contributed by atoms with van der Waals surface area (Å²) in [4.78, 5) is 32.8. The third-order valence-electron chi connectivity index (χ3n) is 5.54. The standard InChI is InChI=1S/C22H19BrN8O2/c1-12(21-25-5-2-6-26-21)31(9-13-3-4-19(23)30-29-13)22(32)17-7-14-15-10-33-11-16(15)20(24)28-18(14)8-27-17/h2-8,12H,9-11H2,1H3,(H2,24,28)/t12-/m1/s1. The Morgan fingerprint density at radius 1 is 1.18 bits per heavy atom. The van der Waals surface area contributed by atoms with E-state index in [0.29, 0.717) is 40.7 Å². The maximum Gasteiger partial charge on any atom is 0.273 e. The van der Waals surface area contributed by atoms with Gasteiger partial charge in [-0.3, -0.25) is 4.79 Å². The molecule has 0 saturated carbocycles. The summed E-state index contributed by atoms with van der Waals surface area (Å²) in [7, 11) is 0. The molecule has 0 aliphatic carbocycles. The molecule has 0 spiro atoms. The second-order valence-corrected chi connectivity index (χ2v) is 8.41. The molecular weight excluding hydrogens is 488 g/mol. The van der Waals surface area contributed by atoms with Gasteiger partial charge < -0.3 is 15.4 Å². The summed E-state index contributed by atoms with van der Waals surface area (Å²) in [6.45, 7) is 2.91. The molecule has 0 fully saturated rings. The largest absolute Gasteiger partial charge is 0.383 e. The van der Waals surface area contributed by atoms with Gasteiger partial charge in [0.25, 0.3) is 5.91 Å².